The molecule has 3 unspecified atom stereocenters. The first-order valence-corrected chi connectivity index (χ1v) is 43.9. The first-order chi connectivity index (χ1) is 57.8. The van der Waals surface area contributed by atoms with Gasteiger partial charge in [0.1, 0.15) is 52.0 Å². The summed E-state index contributed by atoms with van der Waals surface area (Å²) >= 11 is 3.07. The smallest absolute Gasteiger partial charge is 0.293 e. The van der Waals surface area contributed by atoms with E-state index >= 15 is 0 Å². The summed E-state index contributed by atoms with van der Waals surface area (Å²) in [5.74, 6) is -7.00. The quantitative estimate of drug-likeness (QED) is 0.00304. The van der Waals surface area contributed by atoms with E-state index in [1.807, 2.05) is 14.7 Å². The van der Waals surface area contributed by atoms with Gasteiger partial charge in [0.05, 0.1) is 34.9 Å². The van der Waals surface area contributed by atoms with Gasteiger partial charge < -0.3 is 102 Å². The van der Waals surface area contributed by atoms with Gasteiger partial charge in [-0.2, -0.15) is 0 Å². The van der Waals surface area contributed by atoms with Gasteiger partial charge in [0.15, 0.2) is 0 Å². The van der Waals surface area contributed by atoms with Gasteiger partial charge in [-0.3, -0.25) is 41.9 Å². The maximum Gasteiger partial charge on any atom is 0.293 e. The maximum atomic E-state index is 13.4. The van der Waals surface area contributed by atoms with Crippen LogP contribution in [-0.4, -0.2) is 187 Å². The zero-order valence-electron chi connectivity index (χ0n) is 66.7. The van der Waals surface area contributed by atoms with Gasteiger partial charge in [0, 0.05) is 194 Å². The zero-order chi connectivity index (χ0) is 89.6. The van der Waals surface area contributed by atoms with E-state index in [4.69, 9.17) is 36.2 Å². The third kappa shape index (κ3) is 34.4. The Morgan fingerprint density at radius 2 is 0.746 bits per heavy atom. The highest BCUT2D eigenvalue weighted by Crippen LogP contribution is 2.47. The number of hydrogen-bond acceptors (Lipinski definition) is 25. The fourth-order valence-electron chi connectivity index (χ4n) is 11.5. The first-order valence-electron chi connectivity index (χ1n) is 37.8. The second-order valence-corrected chi connectivity index (χ2v) is 34.9. The van der Waals surface area contributed by atoms with E-state index in [1.54, 1.807) is 36.4 Å². The number of allylic oxidation sites excluding steroid dienone is 3. The molecule has 0 aromatic heterocycles. The molecule has 6 aliphatic rings. The second-order valence-electron chi connectivity index (χ2n) is 29.7. The largest absolute Gasteiger partial charge is 0.772 e. The van der Waals surface area contributed by atoms with Crippen LogP contribution in [0.1, 0.15) is 82.9 Å². The molecular formula is C80H93Br3F6N15O15S3-3. The van der Waals surface area contributed by atoms with Crippen molar-refractivity contribution < 1.29 is 90.9 Å². The number of nitrogens with zero attached hydrogens (tertiary/aromatic N) is 4. The van der Waals surface area contributed by atoms with Crippen LogP contribution in [0.2, 0.25) is 0 Å². The lowest BCUT2D eigenvalue weighted by molar-refractivity contribution is -0.385. The van der Waals surface area contributed by atoms with Crippen LogP contribution in [0.15, 0.2) is 157 Å². The summed E-state index contributed by atoms with van der Waals surface area (Å²) in [7, 11) is 0. The molecule has 3 atom stereocenters. The summed E-state index contributed by atoms with van der Waals surface area (Å²) in [4.78, 5) is 65.0. The molecule has 662 valence electrons. The predicted molar refractivity (Wildman–Crippen MR) is 461 cm³/mol. The summed E-state index contributed by atoms with van der Waals surface area (Å²) in [5, 5.41) is 53.6. The molecule has 6 aromatic rings. The number of amides is 4. The predicted octanol–water partition coefficient (Wildman–Crippen LogP) is 12.4. The van der Waals surface area contributed by atoms with Crippen LogP contribution in [-0.2, 0) is 83.9 Å². The van der Waals surface area contributed by atoms with Crippen molar-refractivity contribution in [2.24, 2.45) is 16.2 Å². The topological polar surface area (TPSA) is 451 Å². The van der Waals surface area contributed by atoms with Crippen LogP contribution < -0.4 is 43.0 Å². The highest BCUT2D eigenvalue weighted by atomic mass is 79.9. The Kier molecular flexibility index (Phi) is 39.3. The average molecular weight is 1950 g/mol. The van der Waals surface area contributed by atoms with Crippen molar-refractivity contribution in [3.63, 3.8) is 0 Å². The van der Waals surface area contributed by atoms with Gasteiger partial charge in [-0.25, -0.2) is 26.3 Å². The number of benzene rings is 6. The monoisotopic (exact) mass is 1950 g/mol. The number of carbonyl (C=O) groups excluding carboxylic acids is 4. The van der Waals surface area contributed by atoms with Crippen molar-refractivity contribution in [2.75, 3.05) is 125 Å². The van der Waals surface area contributed by atoms with E-state index in [0.29, 0.717) is 109 Å². The highest BCUT2D eigenvalue weighted by Gasteiger charge is 2.42. The Morgan fingerprint density at radius 1 is 0.467 bits per heavy atom. The summed E-state index contributed by atoms with van der Waals surface area (Å²) in [6.45, 7) is 16.9. The standard InChI is InChI=1S/3C19H24F2N4O2.C9H10BrNO3S.C7H6BrNO4S.C7H8BrNO2S/c3*1-19(2-3-19)12-27-17(16(11-22)25-6-4-23-5-7-25)18(26)24-15-9-13(20)8-14(21)10-15;1-6(12)11-9-4-7(5-15(13)14)2-3-8(9)10;8-6-2-1-5(4-14(12)13)3-7(6)9(10)11;8-6-2-1-5(3-7(6)9)4-12(10)11/h3*8-11,22-23H,2-7,12H2,1H3,(H,24,26);2-4H,5H2,1H3,(H,11,12)(H,13,14);1-3H,4H2,(H,12,13);1-3H,4,9H2,(H,10,11)/p-3/b3*17-16-,22-11?;;;. The van der Waals surface area contributed by atoms with E-state index in [-0.39, 0.29) is 79.4 Å². The Labute approximate surface area is 734 Å². The van der Waals surface area contributed by atoms with Crippen LogP contribution >= 0.6 is 47.8 Å². The molecule has 122 heavy (non-hydrogen) atoms. The number of anilines is 5. The number of ether oxygens (including phenoxy) is 3. The van der Waals surface area contributed by atoms with Gasteiger partial charge in [0.2, 0.25) is 23.2 Å². The lowest BCUT2D eigenvalue weighted by Crippen LogP contribution is -2.44. The molecule has 6 fully saturated rings. The van der Waals surface area contributed by atoms with Gasteiger partial charge in [-0.15, -0.1) is 0 Å². The number of nitro groups is 1. The molecule has 3 aliphatic heterocycles. The average Bonchev–Trinajstić information content (AvgIpc) is 1.56. The molecule has 0 bridgehead atoms. The number of halogens is 9. The summed E-state index contributed by atoms with van der Waals surface area (Å²) in [6, 6.07) is 22.8. The first kappa shape index (κ1) is 99.8. The molecule has 3 aliphatic carbocycles. The molecule has 42 heteroatoms. The SMILES string of the molecule is CC(=O)Nc1cc(CS(=O)[O-])ccc1Br.CC1(CO/C(C(=O)Nc2cc(F)cc(F)c2)=C(/C=N)N2CCNCC2)CC1.CC1(CO/C(C(=O)Nc2cc(F)cc(F)c2)=C(/C=N)N2CCNCC2)CC1.CC1(CO/C(C(=O)Nc2cc(F)cc(F)c2)=C(/C=N)N2CCNCC2)CC1.Nc1cc(CS(=O)[O-])ccc1Br.O=[N+]([O-])c1cc(CS(=O)[O-])ccc1Br. The minimum atomic E-state index is -2.23. The summed E-state index contributed by atoms with van der Waals surface area (Å²) in [6.07, 6.45) is 9.41. The Hall–Kier alpha value is -9.34. The molecule has 12 N–H and O–H groups in total. The fraction of sp³-hybridized carbons (Fsp3) is 0.388. The van der Waals surface area contributed by atoms with Crippen molar-refractivity contribution in [3.8, 4) is 0 Å². The van der Waals surface area contributed by atoms with E-state index in [2.05, 4.69) is 106 Å². The lowest BCUT2D eigenvalue weighted by Gasteiger charge is -2.31. The molecule has 0 radical (unpaired) electrons. The molecule has 3 saturated carbocycles. The van der Waals surface area contributed by atoms with Crippen molar-refractivity contribution in [1.82, 2.24) is 30.7 Å². The molecule has 3 heterocycles. The Morgan fingerprint density at radius 3 is 1.01 bits per heavy atom. The Bertz CT molecular complexity index is 4560. The van der Waals surface area contributed by atoms with Crippen LogP contribution in [0.5, 0.6) is 0 Å². The van der Waals surface area contributed by atoms with E-state index in [1.165, 1.54) is 25.1 Å². The van der Waals surface area contributed by atoms with Crippen molar-refractivity contribution >= 4 is 157 Å². The van der Waals surface area contributed by atoms with Gasteiger partial charge >= 0.3 is 0 Å². The Balaban J connectivity index is 0.000000207. The molecule has 3 saturated heterocycles. The molecule has 30 nitrogen and oxygen atoms in total. The number of rotatable bonds is 29. The lowest BCUT2D eigenvalue weighted by atomic mass is 10.2. The van der Waals surface area contributed by atoms with Crippen LogP contribution in [0, 0.1) is 77.5 Å². The number of nitrogens with one attached hydrogen (secondary N) is 10. The van der Waals surface area contributed by atoms with Gasteiger partial charge in [-0.05, 0) is 170 Å². The maximum absolute atomic E-state index is 13.4. The highest BCUT2D eigenvalue weighted by molar-refractivity contribution is 9.11. The summed E-state index contributed by atoms with van der Waals surface area (Å²) < 4.78 is 162. The third-order valence-electron chi connectivity index (χ3n) is 18.9. The number of nitrogen functional groups attached to an aromatic ring is 1. The van der Waals surface area contributed by atoms with Crippen molar-refractivity contribution in [3.05, 3.63) is 219 Å². The summed E-state index contributed by atoms with van der Waals surface area (Å²) in [5.41, 5.74) is 9.49. The molecule has 0 spiro atoms. The molecule has 4 amide bonds. The molecular weight excluding hydrogens is 1860 g/mol. The zero-order valence-corrected chi connectivity index (χ0v) is 73.9. The number of carbonyl (C=O) groups is 4. The second kappa shape index (κ2) is 48.1. The normalized spacial score (nSPS) is 16.9. The van der Waals surface area contributed by atoms with E-state index in [0.717, 1.165) is 160 Å². The van der Waals surface area contributed by atoms with Gasteiger partial charge in [-0.1, -0.05) is 72.2 Å². The minimum Gasteiger partial charge on any atom is -0.772 e. The fourth-order valence-corrected chi connectivity index (χ4v) is 13.8. The number of piperazine rings is 3. The van der Waals surface area contributed by atoms with Gasteiger partial charge in [0.25, 0.3) is 23.4 Å². The third-order valence-corrected chi connectivity index (χ3v) is 22.7. The molecule has 12 rings (SSSR count). The van der Waals surface area contributed by atoms with Crippen LogP contribution in [0.25, 0.3) is 0 Å². The number of nitrogens with two attached hydrogens (primary N) is 1. The molecule has 6 aromatic carbocycles. The number of hydrogen-bond donors (Lipinski definition) is 11. The van der Waals surface area contributed by atoms with Crippen LogP contribution in [0.3, 0.4) is 0 Å². The van der Waals surface area contributed by atoms with Crippen molar-refractivity contribution in [1.29, 1.82) is 16.2 Å². The van der Waals surface area contributed by atoms with Crippen molar-refractivity contribution in [2.45, 2.75) is 83.5 Å². The van der Waals surface area contributed by atoms with Crippen LogP contribution in [0.4, 0.5) is 60.5 Å². The number of nitro benzene ring substituents is 1. The van der Waals surface area contributed by atoms with E-state index < -0.39 is 90.8 Å². The minimum absolute atomic E-state index is 0.000810. The van der Waals surface area contributed by atoms with E-state index in [9.17, 15) is 81.9 Å².